The molecule has 3 rings (SSSR count). The number of hydrogen-bond donors (Lipinski definition) is 0. The second kappa shape index (κ2) is 6.24. The third kappa shape index (κ3) is 2.85. The van der Waals surface area contributed by atoms with Crippen molar-refractivity contribution in [2.75, 3.05) is 13.4 Å². The number of rotatable bonds is 4. The van der Waals surface area contributed by atoms with Crippen LogP contribution in [-0.2, 0) is 0 Å². The summed E-state index contributed by atoms with van der Waals surface area (Å²) >= 11 is 1.67. The first-order valence-corrected chi connectivity index (χ1v) is 8.20. The van der Waals surface area contributed by atoms with E-state index in [0.717, 1.165) is 21.4 Å². The number of carbonyl (C=O) groups excluding carboxylic acids is 1. The molecule has 0 aromatic heterocycles. The Kier molecular flexibility index (Phi) is 4.16. The standard InChI is InChI=1S/C19H16O2S/c1-21-17-8-5-14-11-16(4-3-15(14)12-17)19(20)13-6-9-18(22-2)10-7-13/h3-12H,1-2H3. The Bertz CT molecular complexity index is 822. The average Bonchev–Trinajstić information content (AvgIpc) is 2.60. The Morgan fingerprint density at radius 3 is 2.18 bits per heavy atom. The lowest BCUT2D eigenvalue weighted by Gasteiger charge is -2.06. The summed E-state index contributed by atoms with van der Waals surface area (Å²) in [6.07, 6.45) is 2.02. The molecular weight excluding hydrogens is 292 g/mol. The predicted octanol–water partition coefficient (Wildman–Crippen LogP) is 4.80. The summed E-state index contributed by atoms with van der Waals surface area (Å²) in [5.41, 5.74) is 1.42. The molecule has 0 spiro atoms. The smallest absolute Gasteiger partial charge is 0.193 e. The number of benzene rings is 3. The van der Waals surface area contributed by atoms with Crippen LogP contribution >= 0.6 is 11.8 Å². The lowest BCUT2D eigenvalue weighted by molar-refractivity contribution is 0.103. The van der Waals surface area contributed by atoms with E-state index in [4.69, 9.17) is 4.74 Å². The fourth-order valence-electron chi connectivity index (χ4n) is 2.40. The van der Waals surface area contributed by atoms with Crippen molar-refractivity contribution < 1.29 is 9.53 Å². The monoisotopic (exact) mass is 308 g/mol. The maximum atomic E-state index is 12.6. The van der Waals surface area contributed by atoms with Crippen LogP contribution in [-0.4, -0.2) is 19.1 Å². The van der Waals surface area contributed by atoms with E-state index in [1.807, 2.05) is 66.9 Å². The molecule has 0 aliphatic carbocycles. The maximum Gasteiger partial charge on any atom is 0.193 e. The van der Waals surface area contributed by atoms with Gasteiger partial charge in [0.1, 0.15) is 5.75 Å². The van der Waals surface area contributed by atoms with Crippen molar-refractivity contribution in [1.82, 2.24) is 0 Å². The van der Waals surface area contributed by atoms with Gasteiger partial charge in [-0.3, -0.25) is 4.79 Å². The van der Waals surface area contributed by atoms with Crippen LogP contribution in [0.25, 0.3) is 10.8 Å². The second-order valence-corrected chi connectivity index (χ2v) is 5.87. The molecule has 0 amide bonds. The normalized spacial score (nSPS) is 10.6. The van der Waals surface area contributed by atoms with E-state index in [-0.39, 0.29) is 5.78 Å². The summed E-state index contributed by atoms with van der Waals surface area (Å²) in [5.74, 6) is 0.865. The van der Waals surface area contributed by atoms with E-state index >= 15 is 0 Å². The van der Waals surface area contributed by atoms with Crippen LogP contribution in [0, 0.1) is 0 Å². The molecule has 0 heterocycles. The molecule has 110 valence electrons. The second-order valence-electron chi connectivity index (χ2n) is 4.99. The SMILES string of the molecule is COc1ccc2cc(C(=O)c3ccc(SC)cc3)ccc2c1. The molecule has 0 saturated carbocycles. The minimum atomic E-state index is 0.0466. The minimum absolute atomic E-state index is 0.0466. The lowest BCUT2D eigenvalue weighted by Crippen LogP contribution is -2.00. The lowest BCUT2D eigenvalue weighted by atomic mass is 10.00. The van der Waals surface area contributed by atoms with E-state index in [9.17, 15) is 4.79 Å². The van der Waals surface area contributed by atoms with E-state index in [1.165, 1.54) is 0 Å². The van der Waals surface area contributed by atoms with Gasteiger partial charge in [-0.15, -0.1) is 11.8 Å². The summed E-state index contributed by atoms with van der Waals surface area (Å²) in [5, 5.41) is 2.10. The Morgan fingerprint density at radius 1 is 0.864 bits per heavy atom. The van der Waals surface area contributed by atoms with Gasteiger partial charge in [-0.05, 0) is 59.5 Å². The first kappa shape index (κ1) is 14.7. The van der Waals surface area contributed by atoms with Gasteiger partial charge in [-0.2, -0.15) is 0 Å². The summed E-state index contributed by atoms with van der Waals surface area (Å²) in [7, 11) is 1.65. The largest absolute Gasteiger partial charge is 0.497 e. The van der Waals surface area contributed by atoms with E-state index in [1.54, 1.807) is 18.9 Å². The van der Waals surface area contributed by atoms with E-state index in [2.05, 4.69) is 0 Å². The predicted molar refractivity (Wildman–Crippen MR) is 92.2 cm³/mol. The molecule has 0 bridgehead atoms. The molecule has 0 fully saturated rings. The molecule has 22 heavy (non-hydrogen) atoms. The fourth-order valence-corrected chi connectivity index (χ4v) is 2.81. The zero-order chi connectivity index (χ0) is 15.5. The zero-order valence-electron chi connectivity index (χ0n) is 12.5. The molecule has 0 unspecified atom stereocenters. The summed E-state index contributed by atoms with van der Waals surface area (Å²) < 4.78 is 5.22. The third-order valence-electron chi connectivity index (χ3n) is 3.66. The van der Waals surface area contributed by atoms with Gasteiger partial charge < -0.3 is 4.74 Å². The Labute approximate surface area is 134 Å². The number of thioether (sulfide) groups is 1. The molecule has 0 N–H and O–H groups in total. The molecule has 0 saturated heterocycles. The first-order valence-electron chi connectivity index (χ1n) is 6.98. The van der Waals surface area contributed by atoms with E-state index in [0.29, 0.717) is 11.1 Å². The van der Waals surface area contributed by atoms with Crippen LogP contribution in [0.3, 0.4) is 0 Å². The highest BCUT2D eigenvalue weighted by Crippen LogP contribution is 2.23. The summed E-state index contributed by atoms with van der Waals surface area (Å²) in [6.45, 7) is 0. The molecule has 2 nitrogen and oxygen atoms in total. The molecule has 3 aromatic rings. The Balaban J connectivity index is 1.96. The zero-order valence-corrected chi connectivity index (χ0v) is 13.3. The summed E-state index contributed by atoms with van der Waals surface area (Å²) in [4.78, 5) is 13.7. The molecule has 3 heteroatoms. The molecule has 0 aliphatic rings. The molecule has 0 radical (unpaired) electrons. The molecule has 0 atom stereocenters. The fraction of sp³-hybridized carbons (Fsp3) is 0.105. The number of fused-ring (bicyclic) bond motifs is 1. The van der Waals surface area contributed by atoms with Crippen LogP contribution in [0.1, 0.15) is 15.9 Å². The summed E-state index contributed by atoms with van der Waals surface area (Å²) in [6, 6.07) is 19.3. The van der Waals surface area contributed by atoms with E-state index < -0.39 is 0 Å². The van der Waals surface area contributed by atoms with Crippen LogP contribution in [0.5, 0.6) is 5.75 Å². The van der Waals surface area contributed by atoms with Gasteiger partial charge in [0.25, 0.3) is 0 Å². The van der Waals surface area contributed by atoms with Crippen molar-refractivity contribution in [3.05, 3.63) is 71.8 Å². The highest BCUT2D eigenvalue weighted by atomic mass is 32.2. The minimum Gasteiger partial charge on any atom is -0.497 e. The quantitative estimate of drug-likeness (QED) is 0.511. The van der Waals surface area contributed by atoms with Crippen molar-refractivity contribution in [2.45, 2.75) is 4.90 Å². The highest BCUT2D eigenvalue weighted by molar-refractivity contribution is 7.98. The van der Waals surface area contributed by atoms with Gasteiger partial charge in [-0.1, -0.05) is 18.2 Å². The van der Waals surface area contributed by atoms with Crippen molar-refractivity contribution in [3.63, 3.8) is 0 Å². The molecule has 3 aromatic carbocycles. The van der Waals surface area contributed by atoms with Gasteiger partial charge in [0.15, 0.2) is 5.78 Å². The van der Waals surface area contributed by atoms with Gasteiger partial charge in [0.05, 0.1) is 7.11 Å². The van der Waals surface area contributed by atoms with Crippen LogP contribution < -0.4 is 4.74 Å². The topological polar surface area (TPSA) is 26.3 Å². The average molecular weight is 308 g/mol. The van der Waals surface area contributed by atoms with Crippen LogP contribution in [0.2, 0.25) is 0 Å². The number of hydrogen-bond acceptors (Lipinski definition) is 3. The first-order chi connectivity index (χ1) is 10.7. The molecule has 0 aliphatic heterocycles. The Hall–Kier alpha value is -2.26. The van der Waals surface area contributed by atoms with Crippen LogP contribution in [0.4, 0.5) is 0 Å². The maximum absolute atomic E-state index is 12.6. The van der Waals surface area contributed by atoms with Crippen molar-refractivity contribution >= 4 is 28.3 Å². The van der Waals surface area contributed by atoms with Gasteiger partial charge in [-0.25, -0.2) is 0 Å². The van der Waals surface area contributed by atoms with Crippen LogP contribution in [0.15, 0.2) is 65.6 Å². The van der Waals surface area contributed by atoms with Gasteiger partial charge in [0, 0.05) is 16.0 Å². The molecular formula is C19H16O2S. The van der Waals surface area contributed by atoms with Crippen molar-refractivity contribution in [2.24, 2.45) is 0 Å². The van der Waals surface area contributed by atoms with Crippen molar-refractivity contribution in [1.29, 1.82) is 0 Å². The number of methoxy groups -OCH3 is 1. The van der Waals surface area contributed by atoms with Gasteiger partial charge >= 0.3 is 0 Å². The van der Waals surface area contributed by atoms with Crippen molar-refractivity contribution in [3.8, 4) is 5.75 Å². The number of ketones is 1. The number of carbonyl (C=O) groups is 1. The van der Waals surface area contributed by atoms with Gasteiger partial charge in [0.2, 0.25) is 0 Å². The Morgan fingerprint density at radius 2 is 1.50 bits per heavy atom. The number of ether oxygens (including phenoxy) is 1. The highest BCUT2D eigenvalue weighted by Gasteiger charge is 2.10. The third-order valence-corrected chi connectivity index (χ3v) is 4.41.